The number of carbonyl (C=O) groups is 1. The van der Waals surface area contributed by atoms with Crippen molar-refractivity contribution in [2.45, 2.75) is 45.1 Å². The van der Waals surface area contributed by atoms with Crippen molar-refractivity contribution in [1.82, 2.24) is 24.4 Å². The molecule has 0 aliphatic carbocycles. The summed E-state index contributed by atoms with van der Waals surface area (Å²) in [6.45, 7) is 5.60. The minimum atomic E-state index is 0.125. The number of benzene rings is 1. The predicted molar refractivity (Wildman–Crippen MR) is 143 cm³/mol. The molecule has 0 radical (unpaired) electrons. The van der Waals surface area contributed by atoms with E-state index in [1.807, 2.05) is 64.5 Å². The second kappa shape index (κ2) is 10.2. The Hall–Kier alpha value is -3.94. The van der Waals surface area contributed by atoms with Crippen molar-refractivity contribution < 1.29 is 9.53 Å². The molecular weight excluding hydrogens is 464 g/mol. The van der Waals surface area contributed by atoms with Gasteiger partial charge in [-0.2, -0.15) is 0 Å². The molecule has 37 heavy (non-hydrogen) atoms. The average Bonchev–Trinajstić information content (AvgIpc) is 3.64. The molecule has 1 amide bonds. The van der Waals surface area contributed by atoms with Gasteiger partial charge in [0.15, 0.2) is 0 Å². The second-order valence-electron chi connectivity index (χ2n) is 9.83. The number of piperidine rings is 1. The summed E-state index contributed by atoms with van der Waals surface area (Å²) in [4.78, 5) is 30.7. The molecule has 5 heterocycles. The van der Waals surface area contributed by atoms with Gasteiger partial charge in [-0.25, -0.2) is 9.97 Å². The van der Waals surface area contributed by atoms with E-state index in [4.69, 9.17) is 4.74 Å². The number of hydrogen-bond donors (Lipinski definition) is 0. The third-order valence-electron chi connectivity index (χ3n) is 7.42. The number of nitrogens with zero attached hydrogens (tertiary/aromatic N) is 6. The Kier molecular flexibility index (Phi) is 6.47. The normalized spacial score (nSPS) is 16.5. The average molecular weight is 497 g/mol. The highest BCUT2D eigenvalue weighted by molar-refractivity contribution is 5.98. The van der Waals surface area contributed by atoms with Crippen molar-refractivity contribution in [3.8, 4) is 11.6 Å². The van der Waals surface area contributed by atoms with Gasteiger partial charge in [-0.05, 0) is 55.7 Å². The van der Waals surface area contributed by atoms with Crippen LogP contribution < -0.4 is 9.64 Å². The highest BCUT2D eigenvalue weighted by Gasteiger charge is 2.22. The Morgan fingerprint density at radius 2 is 1.73 bits per heavy atom. The number of rotatable bonds is 6. The van der Waals surface area contributed by atoms with Gasteiger partial charge in [0.2, 0.25) is 0 Å². The lowest BCUT2D eigenvalue weighted by Gasteiger charge is -2.32. The highest BCUT2D eigenvalue weighted by Crippen LogP contribution is 2.25. The van der Waals surface area contributed by atoms with Crippen LogP contribution in [0.5, 0.6) is 5.75 Å². The van der Waals surface area contributed by atoms with Crippen LogP contribution in [0.4, 0.5) is 5.82 Å². The molecule has 0 saturated carbocycles. The number of anilines is 1. The van der Waals surface area contributed by atoms with E-state index in [-0.39, 0.29) is 12.0 Å². The molecule has 2 fully saturated rings. The molecule has 190 valence electrons. The molecule has 3 aromatic heterocycles. The molecule has 0 atom stereocenters. The van der Waals surface area contributed by atoms with Gasteiger partial charge in [0.1, 0.15) is 23.5 Å². The van der Waals surface area contributed by atoms with E-state index in [9.17, 15) is 4.79 Å². The maximum Gasteiger partial charge on any atom is 0.253 e. The van der Waals surface area contributed by atoms with E-state index < -0.39 is 0 Å². The molecule has 0 N–H and O–H groups in total. The Morgan fingerprint density at radius 1 is 0.919 bits per heavy atom. The molecule has 2 saturated heterocycles. The maximum absolute atomic E-state index is 12.8. The van der Waals surface area contributed by atoms with Crippen LogP contribution in [0.25, 0.3) is 16.7 Å². The first-order valence-corrected chi connectivity index (χ1v) is 13.3. The maximum atomic E-state index is 12.8. The Labute approximate surface area is 216 Å². The molecule has 8 nitrogen and oxygen atoms in total. The number of ether oxygens (including phenoxy) is 1. The summed E-state index contributed by atoms with van der Waals surface area (Å²) >= 11 is 0. The summed E-state index contributed by atoms with van der Waals surface area (Å²) in [6.07, 6.45) is 12.7. The quantitative estimate of drug-likeness (QED) is 0.386. The molecule has 0 unspecified atom stereocenters. The molecule has 8 heteroatoms. The zero-order chi connectivity index (χ0) is 25.2. The van der Waals surface area contributed by atoms with E-state index in [1.54, 1.807) is 6.20 Å². The SMILES string of the molecule is CCc1cnc(N2CCC(Oc3ccc(-n4ccc5cc(C(=O)N6CCCC6)ccc54)nc3)CC2)cn1. The van der Waals surface area contributed by atoms with Crippen LogP contribution in [0, 0.1) is 0 Å². The van der Waals surface area contributed by atoms with E-state index in [2.05, 4.69) is 26.8 Å². The summed E-state index contributed by atoms with van der Waals surface area (Å²) in [6, 6.07) is 11.9. The second-order valence-corrected chi connectivity index (χ2v) is 9.83. The first-order chi connectivity index (χ1) is 18.2. The minimum Gasteiger partial charge on any atom is -0.489 e. The van der Waals surface area contributed by atoms with Crippen LogP contribution in [-0.4, -0.2) is 62.6 Å². The smallest absolute Gasteiger partial charge is 0.253 e. The Balaban J connectivity index is 1.08. The standard InChI is InChI=1S/C29H32N6O2/c1-2-23-18-31-28(20-30-23)33-14-10-24(11-15-33)37-25-6-8-27(32-19-25)35-16-9-21-17-22(5-7-26(21)35)29(36)34-12-3-4-13-34/h5-9,16-20,24H,2-4,10-15H2,1H3. The number of pyridine rings is 1. The Bertz CT molecular complexity index is 1370. The highest BCUT2D eigenvalue weighted by atomic mass is 16.5. The topological polar surface area (TPSA) is 76.4 Å². The molecule has 0 spiro atoms. The van der Waals surface area contributed by atoms with Crippen LogP contribution in [0.3, 0.4) is 0 Å². The summed E-state index contributed by atoms with van der Waals surface area (Å²) < 4.78 is 8.30. The summed E-state index contributed by atoms with van der Waals surface area (Å²) in [5, 5.41) is 1.04. The number of aromatic nitrogens is 4. The van der Waals surface area contributed by atoms with Gasteiger partial charge in [0.05, 0.1) is 29.8 Å². The number of hydrogen-bond acceptors (Lipinski definition) is 6. The van der Waals surface area contributed by atoms with Crippen LogP contribution in [0.15, 0.2) is 61.2 Å². The third kappa shape index (κ3) is 4.88. The molecule has 1 aromatic carbocycles. The van der Waals surface area contributed by atoms with Crippen molar-refractivity contribution in [3.05, 3.63) is 72.4 Å². The molecule has 0 bridgehead atoms. The Morgan fingerprint density at radius 3 is 2.43 bits per heavy atom. The zero-order valence-electron chi connectivity index (χ0n) is 21.2. The van der Waals surface area contributed by atoms with Crippen molar-refractivity contribution in [2.24, 2.45) is 0 Å². The van der Waals surface area contributed by atoms with Gasteiger partial charge in [-0.15, -0.1) is 0 Å². The summed E-state index contributed by atoms with van der Waals surface area (Å²) in [5.74, 6) is 2.67. The predicted octanol–water partition coefficient (Wildman–Crippen LogP) is 4.66. The number of likely N-dealkylation sites (tertiary alicyclic amines) is 1. The van der Waals surface area contributed by atoms with Gasteiger partial charge >= 0.3 is 0 Å². The lowest BCUT2D eigenvalue weighted by molar-refractivity contribution is 0.0793. The zero-order valence-corrected chi connectivity index (χ0v) is 21.2. The van der Waals surface area contributed by atoms with Crippen LogP contribution in [-0.2, 0) is 6.42 Å². The molecule has 2 aliphatic heterocycles. The van der Waals surface area contributed by atoms with Crippen molar-refractivity contribution >= 4 is 22.6 Å². The lowest BCUT2D eigenvalue weighted by atomic mass is 10.1. The fourth-order valence-electron chi connectivity index (χ4n) is 5.25. The van der Waals surface area contributed by atoms with Crippen molar-refractivity contribution in [1.29, 1.82) is 0 Å². The van der Waals surface area contributed by atoms with Gasteiger partial charge in [0.25, 0.3) is 5.91 Å². The molecule has 6 rings (SSSR count). The molecular formula is C29H32N6O2. The molecule has 4 aromatic rings. The fraction of sp³-hybridized carbons (Fsp3) is 0.379. The number of amides is 1. The minimum absolute atomic E-state index is 0.125. The van der Waals surface area contributed by atoms with Crippen molar-refractivity contribution in [3.63, 3.8) is 0 Å². The lowest BCUT2D eigenvalue weighted by Crippen LogP contribution is -2.38. The van der Waals surface area contributed by atoms with E-state index in [1.165, 1.54) is 0 Å². The van der Waals surface area contributed by atoms with Gasteiger partial charge in [-0.3, -0.25) is 9.78 Å². The van der Waals surface area contributed by atoms with Gasteiger partial charge < -0.3 is 19.1 Å². The van der Waals surface area contributed by atoms with Gasteiger partial charge in [0, 0.05) is 56.2 Å². The van der Waals surface area contributed by atoms with E-state index in [0.29, 0.717) is 0 Å². The number of fused-ring (bicyclic) bond motifs is 1. The monoisotopic (exact) mass is 496 g/mol. The van der Waals surface area contributed by atoms with Crippen LogP contribution in [0.2, 0.25) is 0 Å². The first kappa shape index (κ1) is 23.5. The van der Waals surface area contributed by atoms with Crippen LogP contribution >= 0.6 is 0 Å². The number of aryl methyl sites for hydroxylation is 1. The van der Waals surface area contributed by atoms with Crippen LogP contribution in [0.1, 0.15) is 48.7 Å². The third-order valence-corrected chi connectivity index (χ3v) is 7.42. The summed E-state index contributed by atoms with van der Waals surface area (Å²) in [5.41, 5.74) is 2.80. The first-order valence-electron chi connectivity index (χ1n) is 13.3. The summed E-state index contributed by atoms with van der Waals surface area (Å²) in [7, 11) is 0. The number of carbonyl (C=O) groups excluding carboxylic acids is 1. The van der Waals surface area contributed by atoms with E-state index >= 15 is 0 Å². The van der Waals surface area contributed by atoms with Crippen molar-refractivity contribution in [2.75, 3.05) is 31.1 Å². The molecule has 2 aliphatic rings. The van der Waals surface area contributed by atoms with E-state index in [0.717, 1.165) is 97.8 Å². The fourth-order valence-corrected chi connectivity index (χ4v) is 5.25. The van der Waals surface area contributed by atoms with Gasteiger partial charge in [-0.1, -0.05) is 6.92 Å². The largest absolute Gasteiger partial charge is 0.489 e.